The average molecular weight is 450 g/mol. The van der Waals surface area contributed by atoms with Gasteiger partial charge < -0.3 is 0 Å². The maximum Gasteiger partial charge on any atom is 0.280 e. The number of nitrogens with one attached hydrogen (secondary N) is 1. The van der Waals surface area contributed by atoms with Crippen LogP contribution in [0.1, 0.15) is 22.0 Å². The Bertz CT molecular complexity index is 1240. The van der Waals surface area contributed by atoms with Gasteiger partial charge in [-0.15, -0.1) is 0 Å². The van der Waals surface area contributed by atoms with Gasteiger partial charge in [-0.05, 0) is 18.2 Å². The summed E-state index contributed by atoms with van der Waals surface area (Å²) in [4.78, 5) is 45.1. The number of rotatable bonds is 6. The first-order valence-corrected chi connectivity index (χ1v) is 10.1. The molecule has 12 heteroatoms. The van der Waals surface area contributed by atoms with E-state index < -0.39 is 26.9 Å². The zero-order valence-electron chi connectivity index (χ0n) is 16.2. The molecule has 1 fully saturated rings. The molecule has 2 aromatic carbocycles. The highest BCUT2D eigenvalue weighted by Gasteiger charge is 2.48. The lowest BCUT2D eigenvalue weighted by atomic mass is 9.94. The standard InChI is InChI=1S/C20H14N6O5S/c21-19-24(20-22-10-5-11-23-20)16(12-6-1-3-8-14(12)25(28)29)18(32-19)17(27)13-7-2-4-9-15(13)26(30)31/h1-11,16,18,21H. The van der Waals surface area contributed by atoms with E-state index in [1.54, 1.807) is 12.1 Å². The van der Waals surface area contributed by atoms with E-state index in [0.29, 0.717) is 0 Å². The number of thioether (sulfide) groups is 1. The number of carbonyl (C=O) groups is 1. The van der Waals surface area contributed by atoms with Crippen LogP contribution in [0.25, 0.3) is 0 Å². The van der Waals surface area contributed by atoms with Gasteiger partial charge in [0.05, 0.1) is 27.0 Å². The largest absolute Gasteiger partial charge is 0.293 e. The number of hydrogen-bond acceptors (Lipinski definition) is 9. The van der Waals surface area contributed by atoms with Crippen LogP contribution in [0.15, 0.2) is 67.0 Å². The van der Waals surface area contributed by atoms with Gasteiger partial charge in [-0.25, -0.2) is 9.97 Å². The molecule has 0 spiro atoms. The number of benzene rings is 2. The summed E-state index contributed by atoms with van der Waals surface area (Å²) in [7, 11) is 0. The molecule has 1 aromatic heterocycles. The number of hydrogen-bond donors (Lipinski definition) is 1. The third-order valence-corrected chi connectivity index (χ3v) is 6.01. The molecule has 1 N–H and O–H groups in total. The Balaban J connectivity index is 1.89. The minimum Gasteiger partial charge on any atom is -0.293 e. The number of nitro groups is 2. The Hall–Kier alpha value is -4.19. The van der Waals surface area contributed by atoms with Crippen LogP contribution in [0.2, 0.25) is 0 Å². The third-order valence-electron chi connectivity index (χ3n) is 4.87. The molecular weight excluding hydrogens is 436 g/mol. The fraction of sp³-hybridized carbons (Fsp3) is 0.100. The van der Waals surface area contributed by atoms with Gasteiger partial charge in [0.15, 0.2) is 11.0 Å². The molecule has 0 saturated carbocycles. The number of carbonyl (C=O) groups excluding carboxylic acids is 1. The molecule has 0 aliphatic carbocycles. The summed E-state index contributed by atoms with van der Waals surface area (Å²) < 4.78 is 0. The van der Waals surface area contributed by atoms with Crippen LogP contribution < -0.4 is 4.90 Å². The van der Waals surface area contributed by atoms with Gasteiger partial charge in [0.25, 0.3) is 11.4 Å². The summed E-state index contributed by atoms with van der Waals surface area (Å²) in [6, 6.07) is 11.9. The molecule has 1 aliphatic heterocycles. The SMILES string of the molecule is N=C1SC(C(=O)c2ccccc2[N+](=O)[O-])C(c2ccccc2[N+](=O)[O-])N1c1ncccn1. The lowest BCUT2D eigenvalue weighted by Gasteiger charge is -2.26. The van der Waals surface area contributed by atoms with Gasteiger partial charge in [-0.3, -0.25) is 35.3 Å². The zero-order valence-corrected chi connectivity index (χ0v) is 17.0. The molecule has 0 bridgehead atoms. The number of para-hydroxylation sites is 2. The minimum atomic E-state index is -1.08. The molecule has 32 heavy (non-hydrogen) atoms. The van der Waals surface area contributed by atoms with Crippen LogP contribution in [-0.2, 0) is 0 Å². The lowest BCUT2D eigenvalue weighted by molar-refractivity contribution is -0.385. The van der Waals surface area contributed by atoms with Crippen LogP contribution in [0.4, 0.5) is 17.3 Å². The average Bonchev–Trinajstić information content (AvgIpc) is 3.15. The maximum atomic E-state index is 13.5. The Kier molecular flexibility index (Phi) is 5.60. The predicted molar refractivity (Wildman–Crippen MR) is 117 cm³/mol. The van der Waals surface area contributed by atoms with Gasteiger partial charge >= 0.3 is 0 Å². The van der Waals surface area contributed by atoms with Crippen LogP contribution in [0.3, 0.4) is 0 Å². The van der Waals surface area contributed by atoms with Gasteiger partial charge in [-0.1, -0.05) is 36.0 Å². The number of ketones is 1. The summed E-state index contributed by atoms with van der Waals surface area (Å²) in [5, 5.41) is 30.5. The second-order valence-electron chi connectivity index (χ2n) is 6.66. The number of nitrogens with zero attached hydrogens (tertiary/aromatic N) is 5. The van der Waals surface area contributed by atoms with E-state index in [9.17, 15) is 25.0 Å². The second kappa shape index (κ2) is 8.51. The molecule has 3 aromatic rings. The van der Waals surface area contributed by atoms with Gasteiger partial charge in [0.1, 0.15) is 5.25 Å². The van der Waals surface area contributed by atoms with Crippen molar-refractivity contribution in [2.24, 2.45) is 0 Å². The zero-order chi connectivity index (χ0) is 22.8. The van der Waals surface area contributed by atoms with E-state index in [4.69, 9.17) is 5.41 Å². The van der Waals surface area contributed by atoms with Crippen LogP contribution in [0, 0.1) is 25.6 Å². The van der Waals surface area contributed by atoms with Crippen molar-refractivity contribution in [3.05, 3.63) is 98.3 Å². The van der Waals surface area contributed by atoms with E-state index in [-0.39, 0.29) is 33.6 Å². The molecule has 2 unspecified atom stereocenters. The number of anilines is 1. The van der Waals surface area contributed by atoms with Crippen molar-refractivity contribution in [2.45, 2.75) is 11.3 Å². The lowest BCUT2D eigenvalue weighted by Crippen LogP contribution is -2.34. The summed E-state index contributed by atoms with van der Waals surface area (Å²) in [6.07, 6.45) is 2.90. The van der Waals surface area contributed by atoms with Crippen molar-refractivity contribution in [1.82, 2.24) is 9.97 Å². The fourth-order valence-electron chi connectivity index (χ4n) is 3.53. The summed E-state index contributed by atoms with van der Waals surface area (Å²) in [6.45, 7) is 0. The molecule has 0 amide bonds. The quantitative estimate of drug-likeness (QED) is 0.335. The molecule has 2 heterocycles. The Morgan fingerprint density at radius 1 is 0.938 bits per heavy atom. The van der Waals surface area contributed by atoms with Crippen LogP contribution in [-0.4, -0.2) is 36.0 Å². The second-order valence-corrected chi connectivity index (χ2v) is 7.79. The first-order valence-electron chi connectivity index (χ1n) is 9.22. The van der Waals surface area contributed by atoms with Gasteiger partial charge in [-0.2, -0.15) is 0 Å². The van der Waals surface area contributed by atoms with E-state index in [1.165, 1.54) is 59.8 Å². The molecule has 160 valence electrons. The smallest absolute Gasteiger partial charge is 0.280 e. The number of Topliss-reactive ketones (excluding diaryl/α,β-unsaturated/α-hetero) is 1. The molecule has 4 rings (SSSR count). The van der Waals surface area contributed by atoms with E-state index in [2.05, 4.69) is 9.97 Å². The molecule has 2 atom stereocenters. The van der Waals surface area contributed by atoms with E-state index >= 15 is 0 Å². The van der Waals surface area contributed by atoms with Crippen LogP contribution >= 0.6 is 11.8 Å². The monoisotopic (exact) mass is 450 g/mol. The van der Waals surface area contributed by atoms with Gasteiger partial charge in [0.2, 0.25) is 5.95 Å². The summed E-state index contributed by atoms with van der Waals surface area (Å²) in [5.74, 6) is -0.528. The number of aromatic nitrogens is 2. The topological polar surface area (TPSA) is 156 Å². The Morgan fingerprint density at radius 2 is 1.53 bits per heavy atom. The summed E-state index contributed by atoms with van der Waals surface area (Å²) in [5.41, 5.74) is -0.576. The third kappa shape index (κ3) is 3.67. The van der Waals surface area contributed by atoms with Gasteiger partial charge in [0, 0.05) is 24.5 Å². The molecule has 1 aliphatic rings. The first kappa shape index (κ1) is 21.1. The molecule has 0 radical (unpaired) electrons. The summed E-state index contributed by atoms with van der Waals surface area (Å²) >= 11 is 0.850. The number of amidine groups is 1. The van der Waals surface area contributed by atoms with E-state index in [1.807, 2.05) is 0 Å². The van der Waals surface area contributed by atoms with Crippen molar-refractivity contribution in [2.75, 3.05) is 4.90 Å². The predicted octanol–water partition coefficient (Wildman–Crippen LogP) is 3.77. The Labute approximate surface area is 184 Å². The Morgan fingerprint density at radius 3 is 2.19 bits per heavy atom. The van der Waals surface area contributed by atoms with Crippen molar-refractivity contribution in [1.29, 1.82) is 5.41 Å². The molecular formula is C20H14N6O5S. The van der Waals surface area contributed by atoms with Crippen molar-refractivity contribution < 1.29 is 14.6 Å². The fourth-order valence-corrected chi connectivity index (χ4v) is 4.71. The maximum absolute atomic E-state index is 13.5. The normalized spacial score (nSPS) is 17.9. The highest BCUT2D eigenvalue weighted by atomic mass is 32.2. The van der Waals surface area contributed by atoms with Crippen molar-refractivity contribution in [3.8, 4) is 0 Å². The number of nitro benzene ring substituents is 2. The highest BCUT2D eigenvalue weighted by Crippen LogP contribution is 2.47. The van der Waals surface area contributed by atoms with Crippen molar-refractivity contribution in [3.63, 3.8) is 0 Å². The molecule has 1 saturated heterocycles. The first-order chi connectivity index (χ1) is 15.4. The molecule has 11 nitrogen and oxygen atoms in total. The highest BCUT2D eigenvalue weighted by molar-refractivity contribution is 8.15. The van der Waals surface area contributed by atoms with E-state index in [0.717, 1.165) is 11.8 Å². The van der Waals surface area contributed by atoms with Crippen molar-refractivity contribution >= 4 is 40.0 Å². The minimum absolute atomic E-state index is 0.0889. The van der Waals surface area contributed by atoms with Crippen LogP contribution in [0.5, 0.6) is 0 Å².